The molecule has 0 aliphatic heterocycles. The molecule has 0 spiro atoms. The number of carboxylic acids is 1. The highest BCUT2D eigenvalue weighted by Crippen LogP contribution is 2.21. The Morgan fingerprint density at radius 1 is 1.38 bits per heavy atom. The minimum absolute atomic E-state index is 0.00130. The van der Waals surface area contributed by atoms with Crippen molar-refractivity contribution in [2.45, 2.75) is 6.92 Å². The van der Waals surface area contributed by atoms with Crippen LogP contribution in [-0.2, 0) is 0 Å². The number of aromatic nitrogens is 2. The number of hydrogen-bond donors (Lipinski definition) is 1. The van der Waals surface area contributed by atoms with E-state index in [9.17, 15) is 4.79 Å². The number of fused-ring (bicyclic) bond motifs is 1. The number of methoxy groups -OCH3 is 1. The van der Waals surface area contributed by atoms with E-state index in [4.69, 9.17) is 9.84 Å². The highest BCUT2D eigenvalue weighted by molar-refractivity contribution is 6.00. The summed E-state index contributed by atoms with van der Waals surface area (Å²) in [5.41, 5.74) is 0.604. The zero-order valence-electron chi connectivity index (χ0n) is 8.89. The van der Waals surface area contributed by atoms with Gasteiger partial charge in [0, 0.05) is 5.39 Å². The van der Waals surface area contributed by atoms with Gasteiger partial charge in [0.05, 0.1) is 12.6 Å². The summed E-state index contributed by atoms with van der Waals surface area (Å²) in [6.07, 6.45) is 0. The second kappa shape index (κ2) is 3.77. The number of carbonyl (C=O) groups is 1. The van der Waals surface area contributed by atoms with Gasteiger partial charge in [-0.3, -0.25) is 0 Å². The third kappa shape index (κ3) is 1.67. The maximum atomic E-state index is 11.0. The fourth-order valence-corrected chi connectivity index (χ4v) is 1.51. The molecule has 0 bridgehead atoms. The first kappa shape index (κ1) is 10.4. The third-order valence-electron chi connectivity index (χ3n) is 2.22. The third-order valence-corrected chi connectivity index (χ3v) is 2.22. The molecular weight excluding hydrogens is 208 g/mol. The van der Waals surface area contributed by atoms with Crippen molar-refractivity contribution in [1.82, 2.24) is 9.97 Å². The van der Waals surface area contributed by atoms with E-state index in [0.29, 0.717) is 22.5 Å². The summed E-state index contributed by atoms with van der Waals surface area (Å²) < 4.78 is 5.04. The highest BCUT2D eigenvalue weighted by atomic mass is 16.5. The first-order valence-electron chi connectivity index (χ1n) is 4.67. The molecule has 1 aromatic heterocycles. The first-order chi connectivity index (χ1) is 7.61. The number of rotatable bonds is 2. The minimum Gasteiger partial charge on any atom is -0.497 e. The summed E-state index contributed by atoms with van der Waals surface area (Å²) >= 11 is 0. The molecule has 1 N–H and O–H groups in total. The molecule has 82 valence electrons. The Hall–Kier alpha value is -2.17. The number of hydrogen-bond acceptors (Lipinski definition) is 4. The van der Waals surface area contributed by atoms with Crippen molar-refractivity contribution in [3.63, 3.8) is 0 Å². The number of benzene rings is 1. The summed E-state index contributed by atoms with van der Waals surface area (Å²) in [7, 11) is 1.52. The molecule has 1 aromatic carbocycles. The van der Waals surface area contributed by atoms with E-state index >= 15 is 0 Å². The summed E-state index contributed by atoms with van der Waals surface area (Å²) in [5.74, 6) is -0.0405. The van der Waals surface area contributed by atoms with E-state index in [1.54, 1.807) is 25.1 Å². The van der Waals surface area contributed by atoms with Gasteiger partial charge in [-0.25, -0.2) is 14.8 Å². The van der Waals surface area contributed by atoms with Crippen LogP contribution in [0, 0.1) is 6.92 Å². The first-order valence-corrected chi connectivity index (χ1v) is 4.67. The van der Waals surface area contributed by atoms with Crippen LogP contribution < -0.4 is 4.74 Å². The molecule has 5 heteroatoms. The number of carboxylic acid groups (broad SMARTS) is 1. The van der Waals surface area contributed by atoms with Crippen LogP contribution in [0.25, 0.3) is 10.9 Å². The highest BCUT2D eigenvalue weighted by Gasteiger charge is 2.12. The molecule has 0 saturated heterocycles. The van der Waals surface area contributed by atoms with Gasteiger partial charge in [0.2, 0.25) is 0 Å². The Morgan fingerprint density at radius 3 is 2.75 bits per heavy atom. The SMILES string of the molecule is COc1ccc2nc(C)nc(C(=O)O)c2c1. The quantitative estimate of drug-likeness (QED) is 0.829. The van der Waals surface area contributed by atoms with Gasteiger partial charge in [0.1, 0.15) is 11.6 Å². The van der Waals surface area contributed by atoms with Crippen LogP contribution in [0.15, 0.2) is 18.2 Å². The Bertz CT molecular complexity index is 566. The number of aromatic carboxylic acids is 1. The molecule has 0 saturated carbocycles. The zero-order chi connectivity index (χ0) is 11.7. The molecular formula is C11H10N2O3. The maximum absolute atomic E-state index is 11.0. The molecule has 0 aliphatic rings. The Labute approximate surface area is 91.7 Å². The smallest absolute Gasteiger partial charge is 0.355 e. The van der Waals surface area contributed by atoms with Gasteiger partial charge in [-0.05, 0) is 25.1 Å². The molecule has 0 unspecified atom stereocenters. The molecule has 2 aromatic rings. The molecule has 1 heterocycles. The molecule has 0 fully saturated rings. The van der Waals surface area contributed by atoms with Gasteiger partial charge in [0.15, 0.2) is 5.69 Å². The molecule has 0 radical (unpaired) electrons. The van der Waals surface area contributed by atoms with E-state index in [1.165, 1.54) is 7.11 Å². The largest absolute Gasteiger partial charge is 0.497 e. The summed E-state index contributed by atoms with van der Waals surface area (Å²) in [6.45, 7) is 1.66. The van der Waals surface area contributed by atoms with Gasteiger partial charge < -0.3 is 9.84 Å². The van der Waals surface area contributed by atoms with Crippen molar-refractivity contribution in [2.75, 3.05) is 7.11 Å². The van der Waals surface area contributed by atoms with E-state index in [-0.39, 0.29) is 5.69 Å². The predicted octanol–water partition coefficient (Wildman–Crippen LogP) is 1.65. The fraction of sp³-hybridized carbons (Fsp3) is 0.182. The van der Waals surface area contributed by atoms with E-state index in [0.717, 1.165) is 0 Å². The average molecular weight is 218 g/mol. The van der Waals surface area contributed by atoms with E-state index in [2.05, 4.69) is 9.97 Å². The van der Waals surface area contributed by atoms with Gasteiger partial charge >= 0.3 is 5.97 Å². The molecule has 16 heavy (non-hydrogen) atoms. The standard InChI is InChI=1S/C11H10N2O3/c1-6-12-9-4-3-7(16-2)5-8(9)10(13-6)11(14)15/h3-5H,1-2H3,(H,14,15). The second-order valence-electron chi connectivity index (χ2n) is 3.31. The normalized spacial score (nSPS) is 10.4. The van der Waals surface area contributed by atoms with E-state index in [1.807, 2.05) is 0 Å². The van der Waals surface area contributed by atoms with Crippen LogP contribution in [0.5, 0.6) is 5.75 Å². The van der Waals surface area contributed by atoms with Crippen molar-refractivity contribution in [3.8, 4) is 5.75 Å². The van der Waals surface area contributed by atoms with Crippen molar-refractivity contribution >= 4 is 16.9 Å². The lowest BCUT2D eigenvalue weighted by atomic mass is 10.1. The monoisotopic (exact) mass is 218 g/mol. The minimum atomic E-state index is -1.07. The fourth-order valence-electron chi connectivity index (χ4n) is 1.51. The lowest BCUT2D eigenvalue weighted by molar-refractivity contribution is 0.0692. The Kier molecular flexibility index (Phi) is 2.44. The van der Waals surface area contributed by atoms with Crippen molar-refractivity contribution < 1.29 is 14.6 Å². The maximum Gasteiger partial charge on any atom is 0.355 e. The van der Waals surface area contributed by atoms with Gasteiger partial charge in [-0.1, -0.05) is 0 Å². The summed E-state index contributed by atoms with van der Waals surface area (Å²) in [5, 5.41) is 9.52. The summed E-state index contributed by atoms with van der Waals surface area (Å²) in [6, 6.07) is 5.08. The molecule has 5 nitrogen and oxygen atoms in total. The average Bonchev–Trinajstić information content (AvgIpc) is 2.27. The lowest BCUT2D eigenvalue weighted by Crippen LogP contribution is -2.04. The topological polar surface area (TPSA) is 72.3 Å². The van der Waals surface area contributed by atoms with E-state index < -0.39 is 5.97 Å². The van der Waals surface area contributed by atoms with Gasteiger partial charge in [-0.15, -0.1) is 0 Å². The lowest BCUT2D eigenvalue weighted by Gasteiger charge is -2.05. The predicted molar refractivity (Wildman–Crippen MR) is 57.8 cm³/mol. The second-order valence-corrected chi connectivity index (χ2v) is 3.31. The van der Waals surface area contributed by atoms with Gasteiger partial charge in [0.25, 0.3) is 0 Å². The van der Waals surface area contributed by atoms with Crippen LogP contribution >= 0.6 is 0 Å². The summed E-state index contributed by atoms with van der Waals surface area (Å²) in [4.78, 5) is 19.1. The van der Waals surface area contributed by atoms with Crippen molar-refractivity contribution in [1.29, 1.82) is 0 Å². The number of ether oxygens (including phenoxy) is 1. The van der Waals surface area contributed by atoms with Crippen LogP contribution in [0.3, 0.4) is 0 Å². The Balaban J connectivity index is 2.80. The molecule has 0 atom stereocenters. The number of aryl methyl sites for hydroxylation is 1. The van der Waals surface area contributed by atoms with Crippen LogP contribution in [0.1, 0.15) is 16.3 Å². The Morgan fingerprint density at radius 2 is 2.12 bits per heavy atom. The molecule has 0 aliphatic carbocycles. The van der Waals surface area contributed by atoms with Crippen molar-refractivity contribution in [2.24, 2.45) is 0 Å². The van der Waals surface area contributed by atoms with Crippen molar-refractivity contribution in [3.05, 3.63) is 29.7 Å². The van der Waals surface area contributed by atoms with Crippen LogP contribution in [0.2, 0.25) is 0 Å². The van der Waals surface area contributed by atoms with Gasteiger partial charge in [-0.2, -0.15) is 0 Å². The van der Waals surface area contributed by atoms with Crippen LogP contribution in [0.4, 0.5) is 0 Å². The van der Waals surface area contributed by atoms with Crippen LogP contribution in [-0.4, -0.2) is 28.2 Å². The molecule has 2 rings (SSSR count). The zero-order valence-corrected chi connectivity index (χ0v) is 8.89. The number of nitrogens with zero attached hydrogens (tertiary/aromatic N) is 2. The molecule has 0 amide bonds.